The van der Waals surface area contributed by atoms with Gasteiger partial charge in [0.05, 0.1) is 35.2 Å². The van der Waals surface area contributed by atoms with Crippen molar-refractivity contribution in [3.63, 3.8) is 0 Å². The second-order valence-electron chi connectivity index (χ2n) is 17.5. The van der Waals surface area contributed by atoms with Gasteiger partial charge in [-0.2, -0.15) is 0 Å². The zero-order chi connectivity index (χ0) is 35.6. The van der Waals surface area contributed by atoms with E-state index < -0.39 is 100 Å². The molecule has 0 unspecified atom stereocenters. The van der Waals surface area contributed by atoms with Crippen LogP contribution >= 0.6 is 0 Å². The lowest BCUT2D eigenvalue weighted by Gasteiger charge is -2.71. The first-order valence-electron chi connectivity index (χ1n) is 17.7. The number of aliphatic hydroxyl groups excluding tert-OH is 6. The Morgan fingerprint density at radius 2 is 1.58 bits per heavy atom. The number of fused-ring (bicyclic) bond motifs is 7. The number of carbonyl (C=O) groups is 2. The van der Waals surface area contributed by atoms with Gasteiger partial charge >= 0.3 is 11.9 Å². The van der Waals surface area contributed by atoms with Crippen molar-refractivity contribution in [2.24, 2.45) is 50.7 Å². The number of esters is 1. The molecule has 0 spiro atoms. The largest absolute Gasteiger partial charge is 0.481 e. The summed E-state index contributed by atoms with van der Waals surface area (Å²) in [4.78, 5) is 27.2. The molecule has 1 saturated heterocycles. The summed E-state index contributed by atoms with van der Waals surface area (Å²) < 4.78 is 11.4. The van der Waals surface area contributed by atoms with Gasteiger partial charge in [0.1, 0.15) is 24.4 Å². The Hall–Kier alpha value is -1.64. The van der Waals surface area contributed by atoms with E-state index in [9.17, 15) is 50.4 Å². The van der Waals surface area contributed by atoms with Crippen molar-refractivity contribution < 1.29 is 59.9 Å². The van der Waals surface area contributed by atoms with Crippen molar-refractivity contribution in [3.05, 3.63) is 11.6 Å². The Labute approximate surface area is 282 Å². The normalized spacial score (nSPS) is 56.4. The molecule has 4 saturated carbocycles. The predicted octanol–water partition coefficient (Wildman–Crippen LogP) is 1.50. The minimum Gasteiger partial charge on any atom is -0.481 e. The third kappa shape index (κ3) is 4.49. The number of carboxylic acid groups (broad SMARTS) is 1. The number of carbonyl (C=O) groups excluding carboxylic acids is 1. The molecule has 6 aliphatic rings. The lowest BCUT2D eigenvalue weighted by atomic mass is 9.33. The third-order valence-electron chi connectivity index (χ3n) is 15.6. The second kappa shape index (κ2) is 11.4. The molecule has 5 aliphatic carbocycles. The van der Waals surface area contributed by atoms with Gasteiger partial charge in [0.15, 0.2) is 0 Å². The lowest BCUT2D eigenvalue weighted by molar-refractivity contribution is -0.299. The van der Waals surface area contributed by atoms with Crippen LogP contribution in [0.1, 0.15) is 92.9 Å². The number of hydrogen-bond donors (Lipinski definition) is 8. The molecule has 17 atom stereocenters. The van der Waals surface area contributed by atoms with Crippen molar-refractivity contribution in [2.45, 2.75) is 141 Å². The molecule has 0 bridgehead atoms. The predicted molar refractivity (Wildman–Crippen MR) is 170 cm³/mol. The van der Waals surface area contributed by atoms with Gasteiger partial charge in [-0.15, -0.1) is 0 Å². The summed E-state index contributed by atoms with van der Waals surface area (Å²) in [5.74, 6) is -3.01. The van der Waals surface area contributed by atoms with Crippen LogP contribution in [0, 0.1) is 50.7 Å². The summed E-state index contributed by atoms with van der Waals surface area (Å²) in [5.41, 5.74) is -4.57. The minimum atomic E-state index is -1.75. The van der Waals surface area contributed by atoms with Gasteiger partial charge < -0.3 is 50.3 Å². The van der Waals surface area contributed by atoms with Crippen LogP contribution in [-0.2, 0) is 19.1 Å². The molecule has 272 valence electrons. The van der Waals surface area contributed by atoms with Gasteiger partial charge in [0.25, 0.3) is 0 Å². The van der Waals surface area contributed by atoms with E-state index in [4.69, 9.17) is 9.47 Å². The highest BCUT2D eigenvalue weighted by Crippen LogP contribution is 2.76. The first kappa shape index (κ1) is 36.2. The maximum atomic E-state index is 14.5. The van der Waals surface area contributed by atoms with Crippen LogP contribution in [0.15, 0.2) is 11.6 Å². The molecule has 12 nitrogen and oxygen atoms in total. The molecule has 5 fully saturated rings. The van der Waals surface area contributed by atoms with Crippen LogP contribution in [0.5, 0.6) is 0 Å². The van der Waals surface area contributed by atoms with E-state index in [1.807, 2.05) is 6.92 Å². The summed E-state index contributed by atoms with van der Waals surface area (Å²) in [7, 11) is 0. The number of rotatable bonds is 4. The standard InChI is InChI=1S/C36H56O12/c1-17-9-12-36(30(45)48-28-25(41)24(40)23(39)20(16-37)47-28)14-13-32(3)18(26(36)35(17,6)46)7-8-21-31(2)15-19(38)27(42)34(5,29(43)44)22(31)10-11-33(21,32)4/h7,17,19-28,37-42,46H,8-16H2,1-6H3,(H,43,44)/t17-,19+,20+,21+,22-,23-,24-,25-,26-,27+,28-,31-,32-,33+,34+,35+,36+/m1/s1. The molecule has 1 heterocycles. The Morgan fingerprint density at radius 1 is 0.917 bits per heavy atom. The number of aliphatic hydroxyl groups is 7. The summed E-state index contributed by atoms with van der Waals surface area (Å²) in [5, 5.41) is 85.9. The molecule has 48 heavy (non-hydrogen) atoms. The number of allylic oxidation sites excluding steroid dienone is 1. The molecule has 12 heteroatoms. The zero-order valence-corrected chi connectivity index (χ0v) is 29.0. The zero-order valence-electron chi connectivity index (χ0n) is 29.0. The molecular formula is C36H56O12. The van der Waals surface area contributed by atoms with Crippen molar-refractivity contribution in [1.82, 2.24) is 0 Å². The van der Waals surface area contributed by atoms with Crippen molar-refractivity contribution in [3.8, 4) is 0 Å². The molecular weight excluding hydrogens is 624 g/mol. The van der Waals surface area contributed by atoms with E-state index in [0.717, 1.165) is 5.57 Å². The summed E-state index contributed by atoms with van der Waals surface area (Å²) in [6.45, 7) is 11.2. The van der Waals surface area contributed by atoms with E-state index in [-0.39, 0.29) is 24.2 Å². The maximum Gasteiger partial charge on any atom is 0.315 e. The quantitative estimate of drug-likeness (QED) is 0.157. The topological polar surface area (TPSA) is 214 Å². The first-order chi connectivity index (χ1) is 22.2. The highest BCUT2D eigenvalue weighted by molar-refractivity contribution is 5.79. The lowest BCUT2D eigenvalue weighted by Crippen LogP contribution is -2.70. The monoisotopic (exact) mass is 680 g/mol. The Morgan fingerprint density at radius 3 is 2.21 bits per heavy atom. The molecule has 1 aliphatic heterocycles. The summed E-state index contributed by atoms with van der Waals surface area (Å²) in [6, 6.07) is 0. The van der Waals surface area contributed by atoms with Gasteiger partial charge in [-0.05, 0) is 99.2 Å². The average molecular weight is 681 g/mol. The SMILES string of the molecule is C[C@@H]1CC[C@]2(C(=O)O[C@H]3O[C@@H](CO)[C@@H](O)[C@@H](O)[C@H]3O)CC[C@]3(C)C(=CC[C@H]4[C@@]5(C)C[C@H](O)[C@H](O)[C@@](C)(C(=O)O)[C@@H]5CC[C@@]43C)[C@@H]2[C@@]1(C)O. The molecule has 0 radical (unpaired) electrons. The van der Waals surface area contributed by atoms with Crippen molar-refractivity contribution >= 4 is 11.9 Å². The Kier molecular flexibility index (Phi) is 8.61. The molecule has 0 aromatic carbocycles. The fraction of sp³-hybridized carbons (Fsp3) is 0.889. The highest BCUT2D eigenvalue weighted by atomic mass is 16.7. The number of ether oxygens (including phenoxy) is 2. The first-order valence-corrected chi connectivity index (χ1v) is 17.7. The maximum absolute atomic E-state index is 14.5. The van der Waals surface area contributed by atoms with Gasteiger partial charge in [-0.25, -0.2) is 0 Å². The average Bonchev–Trinajstić information content (AvgIpc) is 3.02. The van der Waals surface area contributed by atoms with E-state index in [2.05, 4.69) is 26.8 Å². The van der Waals surface area contributed by atoms with Crippen LogP contribution in [-0.4, -0.2) is 108 Å². The Balaban J connectivity index is 1.41. The van der Waals surface area contributed by atoms with Crippen LogP contribution in [0.25, 0.3) is 0 Å². The summed E-state index contributed by atoms with van der Waals surface area (Å²) >= 11 is 0. The van der Waals surface area contributed by atoms with Crippen molar-refractivity contribution in [1.29, 1.82) is 0 Å². The van der Waals surface area contributed by atoms with E-state index in [0.29, 0.717) is 44.9 Å². The minimum absolute atomic E-state index is 0.0437. The van der Waals surface area contributed by atoms with E-state index in [1.165, 1.54) is 0 Å². The molecule has 0 aromatic rings. The van der Waals surface area contributed by atoms with Crippen LogP contribution < -0.4 is 0 Å². The smallest absolute Gasteiger partial charge is 0.315 e. The molecule has 0 amide bonds. The van der Waals surface area contributed by atoms with Gasteiger partial charge in [0, 0.05) is 5.92 Å². The van der Waals surface area contributed by atoms with Gasteiger partial charge in [-0.1, -0.05) is 39.3 Å². The number of carboxylic acids is 1. The molecule has 6 rings (SSSR count). The third-order valence-corrected chi connectivity index (χ3v) is 15.6. The van der Waals surface area contributed by atoms with Crippen LogP contribution in [0.2, 0.25) is 0 Å². The van der Waals surface area contributed by atoms with E-state index in [1.54, 1.807) is 13.8 Å². The Bertz CT molecular complexity index is 1350. The van der Waals surface area contributed by atoms with Crippen molar-refractivity contribution in [2.75, 3.05) is 6.61 Å². The second-order valence-corrected chi connectivity index (χ2v) is 17.5. The fourth-order valence-corrected chi connectivity index (χ4v) is 12.3. The van der Waals surface area contributed by atoms with Gasteiger partial charge in [0.2, 0.25) is 6.29 Å². The van der Waals surface area contributed by atoms with Crippen LogP contribution in [0.4, 0.5) is 0 Å². The van der Waals surface area contributed by atoms with E-state index >= 15 is 0 Å². The highest BCUT2D eigenvalue weighted by Gasteiger charge is 2.73. The fourth-order valence-electron chi connectivity index (χ4n) is 12.3. The number of aliphatic carboxylic acids is 1. The molecule has 8 N–H and O–H groups in total. The number of hydrogen-bond acceptors (Lipinski definition) is 11. The summed E-state index contributed by atoms with van der Waals surface area (Å²) in [6.07, 6.45) is -4.43. The van der Waals surface area contributed by atoms with Gasteiger partial charge in [-0.3, -0.25) is 9.59 Å². The van der Waals surface area contributed by atoms with Crippen LogP contribution in [0.3, 0.4) is 0 Å². The molecule has 0 aromatic heterocycles.